The van der Waals surface area contributed by atoms with Gasteiger partial charge in [-0.3, -0.25) is 4.79 Å². The van der Waals surface area contributed by atoms with Gasteiger partial charge in [-0.15, -0.1) is 0 Å². The molecule has 0 aliphatic heterocycles. The Bertz CT molecular complexity index is 469. The summed E-state index contributed by atoms with van der Waals surface area (Å²) in [6.45, 7) is 6.97. The zero-order chi connectivity index (χ0) is 15.5. The van der Waals surface area contributed by atoms with Gasteiger partial charge in [-0.25, -0.2) is 0 Å². The lowest BCUT2D eigenvalue weighted by Crippen LogP contribution is -2.53. The van der Waals surface area contributed by atoms with Crippen molar-refractivity contribution >= 4 is 5.78 Å². The van der Waals surface area contributed by atoms with Crippen molar-refractivity contribution in [2.24, 2.45) is 40.4 Å². The zero-order valence-electron chi connectivity index (χ0n) is 14.9. The molecule has 0 aromatic heterocycles. The van der Waals surface area contributed by atoms with Crippen molar-refractivity contribution in [3.05, 3.63) is 0 Å². The molecule has 1 heteroatoms. The summed E-state index contributed by atoms with van der Waals surface area (Å²) in [5.41, 5.74) is 0.974. The van der Waals surface area contributed by atoms with Crippen molar-refractivity contribution in [2.75, 3.05) is 0 Å². The second-order valence-electron chi connectivity index (χ2n) is 9.69. The van der Waals surface area contributed by atoms with E-state index >= 15 is 0 Å². The Hall–Kier alpha value is -0.330. The third-order valence-electron chi connectivity index (χ3n) is 9.07. The Morgan fingerprint density at radius 3 is 2.36 bits per heavy atom. The van der Waals surface area contributed by atoms with Crippen LogP contribution in [-0.4, -0.2) is 5.78 Å². The maximum atomic E-state index is 12.2. The molecule has 4 fully saturated rings. The maximum absolute atomic E-state index is 12.2. The average Bonchev–Trinajstić information content (AvgIpc) is 2.84. The molecule has 4 aliphatic carbocycles. The highest BCUT2D eigenvalue weighted by Crippen LogP contribution is 2.67. The summed E-state index contributed by atoms with van der Waals surface area (Å²) >= 11 is 0. The molecule has 0 saturated heterocycles. The monoisotopic (exact) mass is 302 g/mol. The molecule has 0 heterocycles. The van der Waals surface area contributed by atoms with Gasteiger partial charge in [-0.05, 0) is 92.8 Å². The van der Waals surface area contributed by atoms with E-state index in [2.05, 4.69) is 13.8 Å². The molecule has 0 amide bonds. The fraction of sp³-hybridized carbons (Fsp3) is 0.952. The fourth-order valence-electron chi connectivity index (χ4n) is 7.96. The van der Waals surface area contributed by atoms with Crippen LogP contribution >= 0.6 is 0 Å². The van der Waals surface area contributed by atoms with Crippen molar-refractivity contribution in [1.82, 2.24) is 0 Å². The van der Waals surface area contributed by atoms with E-state index < -0.39 is 0 Å². The largest absolute Gasteiger partial charge is 0.300 e. The minimum Gasteiger partial charge on any atom is -0.300 e. The molecule has 0 aromatic carbocycles. The summed E-state index contributed by atoms with van der Waals surface area (Å²) in [5.74, 6) is 4.60. The molecular formula is C21H34O. The van der Waals surface area contributed by atoms with Crippen molar-refractivity contribution in [2.45, 2.75) is 85.0 Å². The fourth-order valence-corrected chi connectivity index (χ4v) is 7.96. The summed E-state index contributed by atoms with van der Waals surface area (Å²) < 4.78 is 0. The molecule has 4 saturated carbocycles. The number of carbonyl (C=O) groups is 1. The summed E-state index contributed by atoms with van der Waals surface area (Å²) in [5, 5.41) is 0. The van der Waals surface area contributed by atoms with E-state index in [1.165, 1.54) is 64.2 Å². The van der Waals surface area contributed by atoms with Crippen LogP contribution in [0.2, 0.25) is 0 Å². The van der Waals surface area contributed by atoms with Crippen molar-refractivity contribution in [3.63, 3.8) is 0 Å². The Balaban J connectivity index is 1.63. The number of ketones is 1. The second-order valence-corrected chi connectivity index (χ2v) is 9.69. The van der Waals surface area contributed by atoms with E-state index in [0.29, 0.717) is 22.5 Å². The second kappa shape index (κ2) is 5.08. The lowest BCUT2D eigenvalue weighted by atomic mass is 9.45. The standard InChI is InChI=1S/C21H34O/c1-14(22)17-9-10-18-16-8-7-15-6-4-5-12-20(15,2)19(16)11-13-21(17,18)3/h15-19H,4-13H2,1-3H3/t15-,16+,17+,18-,19-,20-,21-/m0/s1. The highest BCUT2D eigenvalue weighted by Gasteiger charge is 2.60. The van der Waals surface area contributed by atoms with E-state index in [1.807, 2.05) is 6.92 Å². The Kier molecular flexibility index (Phi) is 3.51. The predicted molar refractivity (Wildman–Crippen MR) is 90.5 cm³/mol. The molecule has 0 unspecified atom stereocenters. The predicted octanol–water partition coefficient (Wildman–Crippen LogP) is 5.62. The highest BCUT2D eigenvalue weighted by atomic mass is 16.1. The van der Waals surface area contributed by atoms with Crippen LogP contribution in [0.4, 0.5) is 0 Å². The normalized spacial score (nSPS) is 54.2. The van der Waals surface area contributed by atoms with Crippen LogP contribution in [0, 0.1) is 40.4 Å². The van der Waals surface area contributed by atoms with Gasteiger partial charge in [-0.2, -0.15) is 0 Å². The van der Waals surface area contributed by atoms with Crippen molar-refractivity contribution in [1.29, 1.82) is 0 Å². The number of hydrogen-bond donors (Lipinski definition) is 0. The summed E-state index contributed by atoms with van der Waals surface area (Å²) in [6.07, 6.45) is 14.1. The molecule has 4 aliphatic rings. The molecule has 0 bridgehead atoms. The van der Waals surface area contributed by atoms with Crippen LogP contribution in [-0.2, 0) is 4.79 Å². The maximum Gasteiger partial charge on any atom is 0.133 e. The molecule has 0 aromatic rings. The molecular weight excluding hydrogens is 268 g/mol. The lowest BCUT2D eigenvalue weighted by molar-refractivity contribution is -0.133. The number of Topliss-reactive ketones (excluding diaryl/α,β-unsaturated/α-hetero) is 1. The summed E-state index contributed by atoms with van der Waals surface area (Å²) in [7, 11) is 0. The minimum atomic E-state index is 0.338. The number of fused-ring (bicyclic) bond motifs is 5. The van der Waals surface area contributed by atoms with E-state index in [-0.39, 0.29) is 0 Å². The van der Waals surface area contributed by atoms with Gasteiger partial charge in [-0.1, -0.05) is 26.7 Å². The van der Waals surface area contributed by atoms with E-state index in [1.54, 1.807) is 0 Å². The third kappa shape index (κ3) is 1.93. The van der Waals surface area contributed by atoms with Gasteiger partial charge in [0.05, 0.1) is 0 Å². The van der Waals surface area contributed by atoms with Crippen LogP contribution in [0.15, 0.2) is 0 Å². The highest BCUT2D eigenvalue weighted by molar-refractivity contribution is 5.79. The third-order valence-corrected chi connectivity index (χ3v) is 9.07. The first-order valence-electron chi connectivity index (χ1n) is 9.97. The van der Waals surface area contributed by atoms with Gasteiger partial charge >= 0.3 is 0 Å². The van der Waals surface area contributed by atoms with Gasteiger partial charge < -0.3 is 0 Å². The van der Waals surface area contributed by atoms with Gasteiger partial charge in [0, 0.05) is 5.92 Å². The van der Waals surface area contributed by atoms with Gasteiger partial charge in [0.1, 0.15) is 5.78 Å². The molecule has 7 atom stereocenters. The van der Waals surface area contributed by atoms with E-state index in [9.17, 15) is 4.79 Å². The van der Waals surface area contributed by atoms with Crippen LogP contribution in [0.1, 0.15) is 85.0 Å². The molecule has 0 radical (unpaired) electrons. The van der Waals surface area contributed by atoms with Crippen molar-refractivity contribution in [3.8, 4) is 0 Å². The lowest BCUT2D eigenvalue weighted by Gasteiger charge is -2.60. The Labute approximate surface area is 136 Å². The number of rotatable bonds is 1. The summed E-state index contributed by atoms with van der Waals surface area (Å²) in [4.78, 5) is 12.2. The SMILES string of the molecule is CC(=O)[C@H]1CC[C@H]2[C@H]3CC[C@@H]4CCCC[C@]4(C)[C@H]3CC[C@@]12C. The van der Waals surface area contributed by atoms with Crippen LogP contribution in [0.25, 0.3) is 0 Å². The topological polar surface area (TPSA) is 17.1 Å². The molecule has 22 heavy (non-hydrogen) atoms. The first-order chi connectivity index (χ1) is 10.5. The van der Waals surface area contributed by atoms with Crippen molar-refractivity contribution < 1.29 is 4.79 Å². The minimum absolute atomic E-state index is 0.338. The molecule has 4 rings (SSSR count). The van der Waals surface area contributed by atoms with Crippen LogP contribution in [0.3, 0.4) is 0 Å². The van der Waals surface area contributed by atoms with Crippen LogP contribution in [0.5, 0.6) is 0 Å². The molecule has 1 nitrogen and oxygen atoms in total. The van der Waals surface area contributed by atoms with Gasteiger partial charge in [0.2, 0.25) is 0 Å². The number of hydrogen-bond acceptors (Lipinski definition) is 1. The smallest absolute Gasteiger partial charge is 0.133 e. The number of carbonyl (C=O) groups excluding carboxylic acids is 1. The van der Waals surface area contributed by atoms with Gasteiger partial charge in [0.25, 0.3) is 0 Å². The van der Waals surface area contributed by atoms with E-state index in [4.69, 9.17) is 0 Å². The van der Waals surface area contributed by atoms with Crippen LogP contribution < -0.4 is 0 Å². The molecule has 0 spiro atoms. The van der Waals surface area contributed by atoms with E-state index in [0.717, 1.165) is 23.7 Å². The Morgan fingerprint density at radius 2 is 1.59 bits per heavy atom. The molecule has 124 valence electrons. The van der Waals surface area contributed by atoms with Gasteiger partial charge in [0.15, 0.2) is 0 Å². The quantitative estimate of drug-likeness (QED) is 0.614. The molecule has 0 N–H and O–H groups in total. The zero-order valence-corrected chi connectivity index (χ0v) is 14.9. The first-order valence-corrected chi connectivity index (χ1v) is 9.97. The Morgan fingerprint density at radius 1 is 0.818 bits per heavy atom. The summed E-state index contributed by atoms with van der Waals surface area (Å²) in [6, 6.07) is 0. The first kappa shape index (κ1) is 15.2. The average molecular weight is 303 g/mol.